The summed E-state index contributed by atoms with van der Waals surface area (Å²) in [6.07, 6.45) is 4.20. The number of carbonyl (C=O) groups excluding carboxylic acids is 3. The molecule has 0 radical (unpaired) electrons. The van der Waals surface area contributed by atoms with Crippen molar-refractivity contribution in [3.8, 4) is 11.6 Å². The first-order chi connectivity index (χ1) is 20.3. The highest BCUT2D eigenvalue weighted by Crippen LogP contribution is 2.46. The van der Waals surface area contributed by atoms with Gasteiger partial charge in [-0.15, -0.1) is 6.58 Å². The number of hydrogen-bond donors (Lipinski definition) is 1. The van der Waals surface area contributed by atoms with Crippen LogP contribution in [0.15, 0.2) is 37.1 Å². The molecule has 2 aliphatic carbocycles. The third kappa shape index (κ3) is 5.69. The Morgan fingerprint density at radius 1 is 1.21 bits per heavy atom. The normalized spacial score (nSPS) is 26.4. The lowest BCUT2D eigenvalue weighted by atomic mass is 10.0. The molecule has 0 spiro atoms. The number of sulfone groups is 1. The minimum absolute atomic E-state index is 0.0566. The number of carbonyl (C=O) groups is 3. The number of pyridine rings is 1. The van der Waals surface area contributed by atoms with Crippen molar-refractivity contribution >= 4 is 38.4 Å². The maximum Gasteiger partial charge on any atom is 0.411 e. The number of amides is 2. The summed E-state index contributed by atoms with van der Waals surface area (Å²) in [4.78, 5) is 46.2. The topological polar surface area (TPSA) is 141 Å². The largest absolute Gasteiger partial charge is 0.493 e. The second-order valence-electron chi connectivity index (χ2n) is 12.9. The van der Waals surface area contributed by atoms with Crippen LogP contribution in [0.4, 0.5) is 4.79 Å². The molecule has 2 saturated carbocycles. The number of ketones is 1. The predicted molar refractivity (Wildman–Crippen MR) is 158 cm³/mol. The number of ether oxygens (including phenoxy) is 3. The van der Waals surface area contributed by atoms with E-state index in [2.05, 4.69) is 16.9 Å². The zero-order valence-corrected chi connectivity index (χ0v) is 25.4. The molecular weight excluding hydrogens is 574 g/mol. The van der Waals surface area contributed by atoms with Crippen molar-refractivity contribution in [3.05, 3.63) is 42.6 Å². The monoisotopic (exact) mass is 611 g/mol. The maximum absolute atomic E-state index is 13.8. The van der Waals surface area contributed by atoms with Gasteiger partial charge >= 0.3 is 6.09 Å². The van der Waals surface area contributed by atoms with Gasteiger partial charge in [-0.1, -0.05) is 6.08 Å². The van der Waals surface area contributed by atoms with Crippen LogP contribution in [0, 0.1) is 5.92 Å². The average molecular weight is 612 g/mol. The summed E-state index contributed by atoms with van der Waals surface area (Å²) in [5.41, 5.74) is -1.09. The molecule has 43 heavy (non-hydrogen) atoms. The van der Waals surface area contributed by atoms with Crippen molar-refractivity contribution in [2.75, 3.05) is 18.9 Å². The van der Waals surface area contributed by atoms with Gasteiger partial charge in [-0.05, 0) is 63.6 Å². The minimum atomic E-state index is -3.58. The van der Waals surface area contributed by atoms with Crippen LogP contribution in [0.25, 0.3) is 10.8 Å². The van der Waals surface area contributed by atoms with Crippen LogP contribution < -0.4 is 14.8 Å². The number of aromatic nitrogens is 1. The summed E-state index contributed by atoms with van der Waals surface area (Å²) in [6, 6.07) is 4.69. The van der Waals surface area contributed by atoms with E-state index in [1.54, 1.807) is 33.0 Å². The lowest BCUT2D eigenvalue weighted by Crippen LogP contribution is -2.54. The van der Waals surface area contributed by atoms with Crippen molar-refractivity contribution in [1.82, 2.24) is 15.2 Å². The SMILES string of the molecule is C=C[C@@H]1C[C@]1(NC(=O)[C@@H]1C[C@@H](Oc2nccc3c4c(ccc23)OCC4)CN1C(=O)OC(C)(C)C)C(=O)CS(=O)(=O)C1CC1. The Morgan fingerprint density at radius 2 is 1.98 bits per heavy atom. The van der Waals surface area contributed by atoms with Crippen LogP contribution in [0.2, 0.25) is 0 Å². The molecule has 2 amide bonds. The van der Waals surface area contributed by atoms with Crippen LogP contribution in [0.5, 0.6) is 11.6 Å². The first-order valence-corrected chi connectivity index (χ1v) is 16.4. The van der Waals surface area contributed by atoms with Gasteiger partial charge in [0.05, 0.1) is 18.4 Å². The summed E-state index contributed by atoms with van der Waals surface area (Å²) in [5, 5.41) is 4.11. The van der Waals surface area contributed by atoms with Gasteiger partial charge in [0, 0.05) is 35.9 Å². The predicted octanol–water partition coefficient (Wildman–Crippen LogP) is 3.13. The number of Topliss-reactive ketones (excluding diaryl/α,β-unsaturated/α-hetero) is 1. The highest BCUT2D eigenvalue weighted by Gasteiger charge is 2.61. The molecule has 4 atom stereocenters. The zero-order chi connectivity index (χ0) is 30.7. The summed E-state index contributed by atoms with van der Waals surface area (Å²) in [6.45, 7) is 9.64. The van der Waals surface area contributed by atoms with E-state index in [0.29, 0.717) is 25.3 Å². The summed E-state index contributed by atoms with van der Waals surface area (Å²) < 4.78 is 42.8. The van der Waals surface area contributed by atoms with E-state index in [0.717, 1.165) is 28.5 Å². The van der Waals surface area contributed by atoms with E-state index >= 15 is 0 Å². The lowest BCUT2D eigenvalue weighted by molar-refractivity contribution is -0.130. The highest BCUT2D eigenvalue weighted by molar-refractivity contribution is 7.93. The Hall–Kier alpha value is -3.67. The van der Waals surface area contributed by atoms with Crippen molar-refractivity contribution in [3.63, 3.8) is 0 Å². The van der Waals surface area contributed by atoms with Gasteiger partial charge in [0.15, 0.2) is 15.6 Å². The molecule has 1 N–H and O–H groups in total. The Labute approximate surface area is 250 Å². The molecule has 11 nitrogen and oxygen atoms in total. The number of hydrogen-bond acceptors (Lipinski definition) is 9. The van der Waals surface area contributed by atoms with Gasteiger partial charge in [-0.25, -0.2) is 18.2 Å². The molecule has 1 aromatic carbocycles. The molecule has 3 heterocycles. The van der Waals surface area contributed by atoms with Gasteiger partial charge in [-0.3, -0.25) is 14.5 Å². The Morgan fingerprint density at radius 3 is 2.65 bits per heavy atom. The average Bonchev–Trinajstić information content (AvgIpc) is 3.81. The van der Waals surface area contributed by atoms with Crippen LogP contribution in [0.3, 0.4) is 0 Å². The van der Waals surface area contributed by atoms with Gasteiger partial charge in [0.1, 0.15) is 34.8 Å². The van der Waals surface area contributed by atoms with Crippen molar-refractivity contribution in [2.24, 2.45) is 5.92 Å². The molecule has 6 rings (SSSR count). The number of likely N-dealkylation sites (tertiary alicyclic amines) is 1. The fourth-order valence-electron chi connectivity index (χ4n) is 6.10. The van der Waals surface area contributed by atoms with E-state index in [4.69, 9.17) is 14.2 Å². The third-order valence-electron chi connectivity index (χ3n) is 8.57. The number of nitrogens with zero attached hydrogens (tertiary/aromatic N) is 2. The van der Waals surface area contributed by atoms with Crippen molar-refractivity contribution < 1.29 is 37.0 Å². The quantitative estimate of drug-likeness (QED) is 0.424. The summed E-state index contributed by atoms with van der Waals surface area (Å²) >= 11 is 0. The van der Waals surface area contributed by atoms with Crippen LogP contribution in [0.1, 0.15) is 52.0 Å². The maximum atomic E-state index is 13.8. The number of fused-ring (bicyclic) bond motifs is 3. The molecule has 2 aliphatic heterocycles. The highest BCUT2D eigenvalue weighted by atomic mass is 32.2. The fourth-order valence-corrected chi connectivity index (χ4v) is 7.81. The van der Waals surface area contributed by atoms with E-state index in [1.165, 1.54) is 4.90 Å². The smallest absolute Gasteiger partial charge is 0.411 e. The molecule has 4 aliphatic rings. The van der Waals surface area contributed by atoms with Gasteiger partial charge in [-0.2, -0.15) is 0 Å². The minimum Gasteiger partial charge on any atom is -0.493 e. The Kier molecular flexibility index (Phi) is 7.18. The van der Waals surface area contributed by atoms with Gasteiger partial charge < -0.3 is 19.5 Å². The molecule has 12 heteroatoms. The molecular formula is C31H37N3O8S. The molecule has 1 aromatic heterocycles. The summed E-state index contributed by atoms with van der Waals surface area (Å²) in [7, 11) is -3.58. The fraction of sp³-hybridized carbons (Fsp3) is 0.548. The van der Waals surface area contributed by atoms with Gasteiger partial charge in [0.25, 0.3) is 0 Å². The first kappa shape index (κ1) is 29.4. The molecule has 2 aromatic rings. The number of nitrogens with one attached hydrogen (secondary N) is 1. The van der Waals surface area contributed by atoms with E-state index < -0.39 is 67.8 Å². The molecule has 0 unspecified atom stereocenters. The number of benzene rings is 1. The molecule has 3 fully saturated rings. The summed E-state index contributed by atoms with van der Waals surface area (Å²) in [5.74, 6) is -0.927. The second kappa shape index (κ2) is 10.5. The zero-order valence-electron chi connectivity index (χ0n) is 24.6. The van der Waals surface area contributed by atoms with Crippen molar-refractivity contribution in [2.45, 2.75) is 81.4 Å². The second-order valence-corrected chi connectivity index (χ2v) is 15.2. The van der Waals surface area contributed by atoms with Gasteiger partial charge in [0.2, 0.25) is 11.8 Å². The van der Waals surface area contributed by atoms with E-state index in [1.807, 2.05) is 18.2 Å². The molecule has 230 valence electrons. The Balaban J connectivity index is 1.24. The van der Waals surface area contributed by atoms with Crippen LogP contribution in [-0.2, 0) is 30.6 Å². The molecule has 0 bridgehead atoms. The first-order valence-electron chi connectivity index (χ1n) is 14.7. The lowest BCUT2D eigenvalue weighted by Gasteiger charge is -2.29. The number of rotatable bonds is 9. The van der Waals surface area contributed by atoms with E-state index in [9.17, 15) is 22.8 Å². The Bertz CT molecular complexity index is 1610. The van der Waals surface area contributed by atoms with Crippen LogP contribution >= 0.6 is 0 Å². The van der Waals surface area contributed by atoms with Crippen molar-refractivity contribution in [1.29, 1.82) is 0 Å². The molecule has 1 saturated heterocycles. The standard InChI is InChI=1S/C31H37N3O8S/c1-5-18-15-31(18,26(35)17-43(38,39)20-6-7-20)33-27(36)24-14-19(16-34(24)29(37)42-30(2,3)4)41-28-23-8-9-25-22(11-13-40-25)21(23)10-12-32-28/h5,8-10,12,18-20,24H,1,6-7,11,13-17H2,2-4H3,(H,33,36)/t18-,19-,24+,31-/m1/s1. The van der Waals surface area contributed by atoms with E-state index in [-0.39, 0.29) is 19.4 Å². The third-order valence-corrected chi connectivity index (χ3v) is 10.7. The van der Waals surface area contributed by atoms with Crippen LogP contribution in [-0.4, -0.2) is 83.5 Å².